The highest BCUT2D eigenvalue weighted by Crippen LogP contribution is 2.16. The van der Waals surface area contributed by atoms with Crippen LogP contribution < -0.4 is 0 Å². The largest absolute Gasteiger partial charge is 0.454 e. The maximum Gasteiger partial charge on any atom is 0.343 e. The highest BCUT2D eigenvalue weighted by atomic mass is 35.5. The highest BCUT2D eigenvalue weighted by molar-refractivity contribution is 6.25. The Morgan fingerprint density at radius 2 is 1.29 bits per heavy atom. The predicted octanol–water partition coefficient (Wildman–Crippen LogP) is 3.60. The van der Waals surface area contributed by atoms with Crippen molar-refractivity contribution < 1.29 is 28.9 Å². The SMILES string of the molecule is O=C(OCC(=CCl)OC(=O)c1ccc([N+](=O)[O-])cc1)c1ccc([N+](=O)[O-])cc1. The Hall–Kier alpha value is -3.79. The van der Waals surface area contributed by atoms with Gasteiger partial charge >= 0.3 is 11.9 Å². The molecule has 2 aromatic rings. The summed E-state index contributed by atoms with van der Waals surface area (Å²) in [6, 6.07) is 9.39. The van der Waals surface area contributed by atoms with Gasteiger partial charge in [0.1, 0.15) is 0 Å². The van der Waals surface area contributed by atoms with E-state index in [9.17, 15) is 29.8 Å². The van der Waals surface area contributed by atoms with E-state index in [0.29, 0.717) is 0 Å². The summed E-state index contributed by atoms with van der Waals surface area (Å²) in [6.45, 7) is -0.474. The standard InChI is InChI=1S/C17H11ClN2O8/c18-9-15(28-17(22)12-3-7-14(8-4-12)20(25)26)10-27-16(21)11-1-5-13(6-2-11)19(23)24/h1-9H,10H2. The Bertz CT molecular complexity index is 939. The first kappa shape index (κ1) is 20.5. The molecular formula is C17H11ClN2O8. The third-order valence-corrected chi connectivity index (χ3v) is 3.56. The first-order chi connectivity index (χ1) is 13.3. The van der Waals surface area contributed by atoms with Crippen LogP contribution in [-0.2, 0) is 9.47 Å². The first-order valence-electron chi connectivity index (χ1n) is 7.49. The lowest BCUT2D eigenvalue weighted by Crippen LogP contribution is -2.12. The Balaban J connectivity index is 1.94. The van der Waals surface area contributed by atoms with Crippen molar-refractivity contribution in [1.29, 1.82) is 0 Å². The van der Waals surface area contributed by atoms with Crippen LogP contribution in [-0.4, -0.2) is 28.4 Å². The van der Waals surface area contributed by atoms with Crippen molar-refractivity contribution in [2.75, 3.05) is 6.61 Å². The van der Waals surface area contributed by atoms with E-state index in [1.807, 2.05) is 0 Å². The molecule has 0 aliphatic heterocycles. The summed E-state index contributed by atoms with van der Waals surface area (Å²) in [5, 5.41) is 21.2. The maximum atomic E-state index is 12.0. The number of hydrogen-bond donors (Lipinski definition) is 0. The second kappa shape index (κ2) is 9.24. The number of halogens is 1. The zero-order chi connectivity index (χ0) is 20.7. The quantitative estimate of drug-likeness (QED) is 0.294. The minimum absolute atomic E-state index is 0.0308. The van der Waals surface area contributed by atoms with Gasteiger partial charge in [0, 0.05) is 29.8 Å². The second-order valence-electron chi connectivity index (χ2n) is 5.15. The van der Waals surface area contributed by atoms with E-state index in [2.05, 4.69) is 0 Å². The lowest BCUT2D eigenvalue weighted by Gasteiger charge is -2.09. The van der Waals surface area contributed by atoms with Gasteiger partial charge in [-0.2, -0.15) is 0 Å². The fourth-order valence-corrected chi connectivity index (χ4v) is 2.03. The van der Waals surface area contributed by atoms with Crippen molar-refractivity contribution in [2.45, 2.75) is 0 Å². The molecule has 0 N–H and O–H groups in total. The van der Waals surface area contributed by atoms with Crippen molar-refractivity contribution in [1.82, 2.24) is 0 Å². The molecule has 0 aliphatic rings. The third kappa shape index (κ3) is 5.35. The Morgan fingerprint density at radius 1 is 0.857 bits per heavy atom. The van der Waals surface area contributed by atoms with Gasteiger partial charge in [0.15, 0.2) is 12.4 Å². The summed E-state index contributed by atoms with van der Waals surface area (Å²) in [7, 11) is 0. The average Bonchev–Trinajstić information content (AvgIpc) is 2.70. The van der Waals surface area contributed by atoms with Gasteiger partial charge in [0.25, 0.3) is 11.4 Å². The lowest BCUT2D eigenvalue weighted by molar-refractivity contribution is -0.385. The molecule has 10 nitrogen and oxygen atoms in total. The zero-order valence-corrected chi connectivity index (χ0v) is 14.7. The van der Waals surface area contributed by atoms with Crippen molar-refractivity contribution in [2.24, 2.45) is 0 Å². The molecule has 2 rings (SSSR count). The van der Waals surface area contributed by atoms with Crippen LogP contribution in [0.5, 0.6) is 0 Å². The van der Waals surface area contributed by atoms with Gasteiger partial charge in [-0.05, 0) is 24.3 Å². The van der Waals surface area contributed by atoms with Crippen LogP contribution in [0.3, 0.4) is 0 Å². The molecule has 0 radical (unpaired) electrons. The molecule has 0 amide bonds. The second-order valence-corrected chi connectivity index (χ2v) is 5.37. The van der Waals surface area contributed by atoms with Gasteiger partial charge in [0.05, 0.1) is 21.0 Å². The summed E-state index contributed by atoms with van der Waals surface area (Å²) in [5.74, 6) is -1.84. The molecule has 144 valence electrons. The van der Waals surface area contributed by atoms with Crippen LogP contribution in [0.4, 0.5) is 11.4 Å². The van der Waals surface area contributed by atoms with E-state index in [1.54, 1.807) is 0 Å². The zero-order valence-electron chi connectivity index (χ0n) is 13.9. The smallest absolute Gasteiger partial charge is 0.343 e. The molecular weight excluding hydrogens is 396 g/mol. The molecule has 0 fully saturated rings. The molecule has 2 aromatic carbocycles. The molecule has 0 saturated carbocycles. The predicted molar refractivity (Wildman–Crippen MR) is 95.8 cm³/mol. The van der Waals surface area contributed by atoms with E-state index in [4.69, 9.17) is 21.1 Å². The van der Waals surface area contributed by atoms with Gasteiger partial charge < -0.3 is 9.47 Å². The normalized spacial score (nSPS) is 10.8. The molecule has 0 bridgehead atoms. The fourth-order valence-electron chi connectivity index (χ4n) is 1.92. The summed E-state index contributed by atoms with van der Waals surface area (Å²) in [4.78, 5) is 43.9. The van der Waals surface area contributed by atoms with Crippen LogP contribution in [0.15, 0.2) is 59.8 Å². The first-order valence-corrected chi connectivity index (χ1v) is 7.93. The number of nitro groups is 2. The van der Waals surface area contributed by atoms with Crippen LogP contribution in [0.1, 0.15) is 20.7 Å². The molecule has 0 aromatic heterocycles. The number of hydrogen-bond acceptors (Lipinski definition) is 8. The number of carbonyl (C=O) groups excluding carboxylic acids is 2. The van der Waals surface area contributed by atoms with E-state index in [-0.39, 0.29) is 28.3 Å². The Kier molecular flexibility index (Phi) is 6.77. The number of benzene rings is 2. The highest BCUT2D eigenvalue weighted by Gasteiger charge is 2.15. The number of nitro benzene ring substituents is 2. The van der Waals surface area contributed by atoms with Crippen LogP contribution in [0.25, 0.3) is 0 Å². The topological polar surface area (TPSA) is 139 Å². The molecule has 0 aliphatic carbocycles. The van der Waals surface area contributed by atoms with Gasteiger partial charge in [-0.25, -0.2) is 9.59 Å². The summed E-state index contributed by atoms with van der Waals surface area (Å²) >= 11 is 5.56. The molecule has 0 spiro atoms. The molecule has 28 heavy (non-hydrogen) atoms. The Morgan fingerprint density at radius 3 is 1.68 bits per heavy atom. The lowest BCUT2D eigenvalue weighted by atomic mass is 10.2. The van der Waals surface area contributed by atoms with E-state index >= 15 is 0 Å². The van der Waals surface area contributed by atoms with Crippen LogP contribution in [0.2, 0.25) is 0 Å². The molecule has 0 saturated heterocycles. The molecule has 0 unspecified atom stereocenters. The van der Waals surface area contributed by atoms with Crippen LogP contribution >= 0.6 is 11.6 Å². The van der Waals surface area contributed by atoms with E-state index in [0.717, 1.165) is 29.8 Å². The van der Waals surface area contributed by atoms with Gasteiger partial charge in [-0.1, -0.05) is 11.6 Å². The summed E-state index contributed by atoms with van der Waals surface area (Å²) in [6.07, 6.45) is 0. The molecule has 11 heteroatoms. The summed E-state index contributed by atoms with van der Waals surface area (Å²) < 4.78 is 9.92. The minimum atomic E-state index is -0.854. The third-order valence-electron chi connectivity index (χ3n) is 3.32. The van der Waals surface area contributed by atoms with Gasteiger partial charge in [-0.15, -0.1) is 0 Å². The number of carbonyl (C=O) groups is 2. The van der Waals surface area contributed by atoms with Gasteiger partial charge in [0.2, 0.25) is 0 Å². The van der Waals surface area contributed by atoms with Crippen LogP contribution in [0, 0.1) is 20.2 Å². The minimum Gasteiger partial charge on any atom is -0.454 e. The molecule has 0 heterocycles. The fraction of sp³-hybridized carbons (Fsp3) is 0.0588. The number of nitrogens with zero attached hydrogens (tertiary/aromatic N) is 2. The number of esters is 2. The van der Waals surface area contributed by atoms with Crippen molar-refractivity contribution in [3.63, 3.8) is 0 Å². The number of ether oxygens (including phenoxy) is 2. The van der Waals surface area contributed by atoms with Gasteiger partial charge in [-0.3, -0.25) is 20.2 Å². The van der Waals surface area contributed by atoms with E-state index < -0.39 is 28.4 Å². The maximum absolute atomic E-state index is 12.0. The number of rotatable bonds is 7. The van der Waals surface area contributed by atoms with E-state index in [1.165, 1.54) is 24.3 Å². The van der Waals surface area contributed by atoms with Crippen molar-refractivity contribution in [3.8, 4) is 0 Å². The molecule has 0 atom stereocenters. The van der Waals surface area contributed by atoms with Crippen molar-refractivity contribution in [3.05, 3.63) is 91.2 Å². The average molecular weight is 407 g/mol. The number of non-ortho nitro benzene ring substituents is 2. The monoisotopic (exact) mass is 406 g/mol. The summed E-state index contributed by atoms with van der Waals surface area (Å²) in [5.41, 5.74) is 0.605. The Labute approximate surface area is 162 Å². The van der Waals surface area contributed by atoms with Crippen molar-refractivity contribution >= 4 is 34.9 Å².